The van der Waals surface area contributed by atoms with Crippen LogP contribution in [0, 0.1) is 0 Å². The first kappa shape index (κ1) is 14.7. The van der Waals surface area contributed by atoms with Crippen molar-refractivity contribution in [3.05, 3.63) is 35.9 Å². The molecular formula is C14H18N2O3S. The minimum atomic E-state index is -1.07. The second kappa shape index (κ2) is 7.19. The Bertz CT molecular complexity index is 461. The molecule has 0 aromatic heterocycles. The van der Waals surface area contributed by atoms with Crippen LogP contribution in [0.5, 0.6) is 0 Å². The summed E-state index contributed by atoms with van der Waals surface area (Å²) in [7, 11) is 0. The first-order valence-corrected chi connectivity index (χ1v) is 7.75. The van der Waals surface area contributed by atoms with Crippen LogP contribution >= 0.6 is 11.8 Å². The Morgan fingerprint density at radius 1 is 1.30 bits per heavy atom. The number of benzene rings is 1. The van der Waals surface area contributed by atoms with E-state index in [1.807, 2.05) is 17.8 Å². The zero-order valence-corrected chi connectivity index (χ0v) is 11.9. The van der Waals surface area contributed by atoms with Crippen molar-refractivity contribution in [3.63, 3.8) is 0 Å². The second-order valence-corrected chi connectivity index (χ2v) is 5.86. The van der Waals surface area contributed by atoms with E-state index >= 15 is 0 Å². The lowest BCUT2D eigenvalue weighted by atomic mass is 10.1. The first-order valence-electron chi connectivity index (χ1n) is 6.59. The van der Waals surface area contributed by atoms with Crippen LogP contribution in [-0.4, -0.2) is 34.7 Å². The fraction of sp³-hybridized carbons (Fsp3) is 0.429. The SMILES string of the molecule is O=C(NC1CCCSC1)NC(C(=O)O)c1ccccc1. The summed E-state index contributed by atoms with van der Waals surface area (Å²) in [6.45, 7) is 0. The van der Waals surface area contributed by atoms with Crippen molar-refractivity contribution >= 4 is 23.8 Å². The lowest BCUT2D eigenvalue weighted by Gasteiger charge is -2.24. The summed E-state index contributed by atoms with van der Waals surface area (Å²) in [5.41, 5.74) is 0.563. The molecule has 1 fully saturated rings. The van der Waals surface area contributed by atoms with Gasteiger partial charge in [-0.25, -0.2) is 9.59 Å². The number of hydrogen-bond donors (Lipinski definition) is 3. The van der Waals surface area contributed by atoms with Crippen molar-refractivity contribution in [2.45, 2.75) is 24.9 Å². The highest BCUT2D eigenvalue weighted by atomic mass is 32.2. The standard InChI is InChI=1S/C14H18N2O3S/c17-13(18)12(10-5-2-1-3-6-10)16-14(19)15-11-7-4-8-20-9-11/h1-3,5-6,11-12H,4,7-9H2,(H,17,18)(H2,15,16,19). The average molecular weight is 294 g/mol. The molecule has 2 amide bonds. The number of amides is 2. The number of hydrogen-bond acceptors (Lipinski definition) is 3. The molecule has 108 valence electrons. The molecule has 1 aliphatic heterocycles. The van der Waals surface area contributed by atoms with Gasteiger partial charge in [0.25, 0.3) is 0 Å². The van der Waals surface area contributed by atoms with Gasteiger partial charge in [-0.15, -0.1) is 0 Å². The van der Waals surface area contributed by atoms with Crippen LogP contribution in [0.15, 0.2) is 30.3 Å². The van der Waals surface area contributed by atoms with Crippen molar-refractivity contribution in [3.8, 4) is 0 Å². The number of carbonyl (C=O) groups excluding carboxylic acids is 1. The van der Waals surface area contributed by atoms with Gasteiger partial charge in [0.2, 0.25) is 0 Å². The van der Waals surface area contributed by atoms with E-state index in [4.69, 9.17) is 0 Å². The van der Waals surface area contributed by atoms with Crippen LogP contribution in [-0.2, 0) is 4.79 Å². The van der Waals surface area contributed by atoms with Gasteiger partial charge in [0.05, 0.1) is 0 Å². The van der Waals surface area contributed by atoms with E-state index in [9.17, 15) is 14.7 Å². The van der Waals surface area contributed by atoms with Crippen molar-refractivity contribution < 1.29 is 14.7 Å². The lowest BCUT2D eigenvalue weighted by molar-refractivity contribution is -0.139. The molecule has 0 radical (unpaired) electrons. The molecule has 1 aromatic rings. The molecule has 20 heavy (non-hydrogen) atoms. The molecule has 2 unspecified atom stereocenters. The number of thioether (sulfide) groups is 1. The number of urea groups is 1. The monoisotopic (exact) mass is 294 g/mol. The van der Waals surface area contributed by atoms with E-state index in [1.165, 1.54) is 0 Å². The molecule has 3 N–H and O–H groups in total. The summed E-state index contributed by atoms with van der Waals surface area (Å²) in [6, 6.07) is 7.37. The molecule has 1 aliphatic rings. The summed E-state index contributed by atoms with van der Waals surface area (Å²) in [5, 5.41) is 14.6. The fourth-order valence-electron chi connectivity index (χ4n) is 2.15. The molecule has 5 nitrogen and oxygen atoms in total. The maximum Gasteiger partial charge on any atom is 0.330 e. The minimum Gasteiger partial charge on any atom is -0.479 e. The maximum atomic E-state index is 11.9. The Morgan fingerprint density at radius 2 is 2.05 bits per heavy atom. The van der Waals surface area contributed by atoms with Crippen molar-refractivity contribution in [2.24, 2.45) is 0 Å². The normalized spacial score (nSPS) is 19.9. The number of carboxylic acids is 1. The average Bonchev–Trinajstić information content (AvgIpc) is 2.46. The number of carboxylic acid groups (broad SMARTS) is 1. The molecule has 1 aromatic carbocycles. The van der Waals surface area contributed by atoms with Gasteiger partial charge in [0.1, 0.15) is 0 Å². The maximum absolute atomic E-state index is 11.9. The Labute approximate surface area is 122 Å². The van der Waals surface area contributed by atoms with Gasteiger partial charge >= 0.3 is 12.0 Å². The van der Waals surface area contributed by atoms with Gasteiger partial charge in [-0.3, -0.25) is 0 Å². The molecule has 6 heteroatoms. The van der Waals surface area contributed by atoms with Gasteiger partial charge in [-0.2, -0.15) is 11.8 Å². The van der Waals surface area contributed by atoms with E-state index in [2.05, 4.69) is 10.6 Å². The summed E-state index contributed by atoms with van der Waals surface area (Å²) < 4.78 is 0. The molecule has 1 saturated heterocycles. The highest BCUT2D eigenvalue weighted by molar-refractivity contribution is 7.99. The van der Waals surface area contributed by atoms with Crippen LogP contribution < -0.4 is 10.6 Å². The Kier molecular flexibility index (Phi) is 5.29. The summed E-state index contributed by atoms with van der Waals surface area (Å²) >= 11 is 1.81. The van der Waals surface area contributed by atoms with E-state index in [1.54, 1.807) is 24.3 Å². The quantitative estimate of drug-likeness (QED) is 0.793. The van der Waals surface area contributed by atoms with Gasteiger partial charge in [-0.1, -0.05) is 30.3 Å². The third-order valence-corrected chi connectivity index (χ3v) is 4.37. The van der Waals surface area contributed by atoms with Crippen LogP contribution in [0.1, 0.15) is 24.4 Å². The van der Waals surface area contributed by atoms with Gasteiger partial charge in [0, 0.05) is 11.8 Å². The largest absolute Gasteiger partial charge is 0.479 e. The summed E-state index contributed by atoms with van der Waals surface area (Å²) in [5.74, 6) is 0.947. The third kappa shape index (κ3) is 4.16. The van der Waals surface area contributed by atoms with Crippen LogP contribution in [0.4, 0.5) is 4.79 Å². The molecule has 0 spiro atoms. The molecule has 2 rings (SSSR count). The summed E-state index contributed by atoms with van der Waals surface area (Å²) in [6.07, 6.45) is 2.03. The smallest absolute Gasteiger partial charge is 0.330 e. The molecule has 0 aliphatic carbocycles. The third-order valence-electron chi connectivity index (χ3n) is 3.15. The van der Waals surface area contributed by atoms with E-state index in [-0.39, 0.29) is 6.04 Å². The Balaban J connectivity index is 1.94. The molecule has 1 heterocycles. The predicted octanol–water partition coefficient (Wildman–Crippen LogP) is 2.01. The van der Waals surface area contributed by atoms with Gasteiger partial charge in [0.15, 0.2) is 6.04 Å². The van der Waals surface area contributed by atoms with E-state index in [0.717, 1.165) is 24.3 Å². The van der Waals surface area contributed by atoms with Crippen LogP contribution in [0.25, 0.3) is 0 Å². The van der Waals surface area contributed by atoms with Crippen LogP contribution in [0.2, 0.25) is 0 Å². The zero-order valence-electron chi connectivity index (χ0n) is 11.0. The highest BCUT2D eigenvalue weighted by Gasteiger charge is 2.23. The molecule has 2 atom stereocenters. The number of rotatable bonds is 4. The number of carbonyl (C=O) groups is 2. The fourth-order valence-corrected chi connectivity index (χ4v) is 3.22. The molecular weight excluding hydrogens is 276 g/mol. The number of nitrogens with one attached hydrogen (secondary N) is 2. The predicted molar refractivity (Wildman–Crippen MR) is 78.8 cm³/mol. The van der Waals surface area contributed by atoms with E-state index < -0.39 is 18.0 Å². The molecule has 0 bridgehead atoms. The highest BCUT2D eigenvalue weighted by Crippen LogP contribution is 2.17. The Morgan fingerprint density at radius 3 is 2.65 bits per heavy atom. The van der Waals surface area contributed by atoms with Gasteiger partial charge in [-0.05, 0) is 24.2 Å². The summed E-state index contributed by atoms with van der Waals surface area (Å²) in [4.78, 5) is 23.2. The lowest BCUT2D eigenvalue weighted by Crippen LogP contribution is -2.46. The number of aliphatic carboxylic acids is 1. The minimum absolute atomic E-state index is 0.124. The topological polar surface area (TPSA) is 78.4 Å². The zero-order chi connectivity index (χ0) is 14.4. The molecule has 0 saturated carbocycles. The van der Waals surface area contributed by atoms with Gasteiger partial charge < -0.3 is 15.7 Å². The van der Waals surface area contributed by atoms with E-state index in [0.29, 0.717) is 5.56 Å². The Hall–Kier alpha value is -1.69. The second-order valence-electron chi connectivity index (χ2n) is 4.71. The van der Waals surface area contributed by atoms with Crippen molar-refractivity contribution in [1.82, 2.24) is 10.6 Å². The van der Waals surface area contributed by atoms with Crippen molar-refractivity contribution in [2.75, 3.05) is 11.5 Å². The first-order chi connectivity index (χ1) is 9.66. The van der Waals surface area contributed by atoms with Crippen LogP contribution in [0.3, 0.4) is 0 Å². The van der Waals surface area contributed by atoms with Crippen molar-refractivity contribution in [1.29, 1.82) is 0 Å².